The molecule has 6 nitrogen and oxygen atoms in total. The minimum Gasteiger partial charge on any atom is -0.384 e. The molecule has 0 unspecified atom stereocenters. The van der Waals surface area contributed by atoms with Crippen molar-refractivity contribution in [3.8, 4) is 11.1 Å². The van der Waals surface area contributed by atoms with E-state index in [1.165, 1.54) is 0 Å². The fourth-order valence-electron chi connectivity index (χ4n) is 2.03. The maximum absolute atomic E-state index is 11.4. The molecular formula is C15H19N5O. The first-order chi connectivity index (χ1) is 10.1. The molecule has 0 saturated carbocycles. The Morgan fingerprint density at radius 1 is 1.29 bits per heavy atom. The van der Waals surface area contributed by atoms with Crippen molar-refractivity contribution in [3.05, 3.63) is 42.1 Å². The van der Waals surface area contributed by atoms with Crippen LogP contribution >= 0.6 is 0 Å². The van der Waals surface area contributed by atoms with E-state index in [0.717, 1.165) is 29.8 Å². The number of rotatable bonds is 6. The van der Waals surface area contributed by atoms with Crippen LogP contribution in [0.25, 0.3) is 11.1 Å². The maximum atomic E-state index is 11.4. The topological polar surface area (TPSA) is 120 Å². The second kappa shape index (κ2) is 6.71. The van der Waals surface area contributed by atoms with Crippen LogP contribution in [0.4, 0.5) is 11.5 Å². The van der Waals surface area contributed by atoms with E-state index < -0.39 is 5.91 Å². The zero-order chi connectivity index (χ0) is 15.2. The molecule has 0 saturated heterocycles. The number of nitrogens with one attached hydrogen (secondary N) is 1. The normalized spacial score (nSPS) is 10.3. The van der Waals surface area contributed by atoms with Gasteiger partial charge in [0.2, 0.25) is 0 Å². The van der Waals surface area contributed by atoms with E-state index in [1.54, 1.807) is 12.3 Å². The molecule has 0 aliphatic rings. The quantitative estimate of drug-likeness (QED) is 0.594. The average molecular weight is 285 g/mol. The number of amides is 1. The highest BCUT2D eigenvalue weighted by atomic mass is 16.1. The van der Waals surface area contributed by atoms with E-state index >= 15 is 0 Å². The Balaban J connectivity index is 2.37. The molecule has 0 aliphatic heterocycles. The van der Waals surface area contributed by atoms with Gasteiger partial charge in [0.15, 0.2) is 0 Å². The number of nitrogens with two attached hydrogens (primary N) is 3. The minimum atomic E-state index is -0.588. The number of benzene rings is 1. The average Bonchev–Trinajstić information content (AvgIpc) is 2.48. The fraction of sp³-hybridized carbons (Fsp3) is 0.200. The van der Waals surface area contributed by atoms with Gasteiger partial charge in [0.05, 0.1) is 5.56 Å². The third-order valence-electron chi connectivity index (χ3n) is 3.12. The maximum Gasteiger partial charge on any atom is 0.252 e. The summed E-state index contributed by atoms with van der Waals surface area (Å²) in [5.41, 5.74) is 19.4. The number of aromatic nitrogens is 1. The molecule has 1 aromatic carbocycles. The third-order valence-corrected chi connectivity index (χ3v) is 3.12. The number of carbonyl (C=O) groups excluding carboxylic acids is 1. The summed E-state index contributed by atoms with van der Waals surface area (Å²) in [5, 5.41) is 3.32. The summed E-state index contributed by atoms with van der Waals surface area (Å²) in [5.74, 6) is -0.449. The standard InChI is InChI=1S/C15H19N5O/c16-6-3-7-19-13-5-2-1-4-11(13)10-8-12(15(18)21)14(17)20-9-10/h1-2,4-5,8-9,19H,3,6-7,16H2,(H2,17,20)(H2,18,21). The number of primary amides is 1. The molecule has 1 aromatic heterocycles. The van der Waals surface area contributed by atoms with Crippen LogP contribution < -0.4 is 22.5 Å². The van der Waals surface area contributed by atoms with Crippen LogP contribution in [0.5, 0.6) is 0 Å². The van der Waals surface area contributed by atoms with Gasteiger partial charge in [-0.15, -0.1) is 0 Å². The van der Waals surface area contributed by atoms with Crippen LogP contribution in [0, 0.1) is 0 Å². The smallest absolute Gasteiger partial charge is 0.252 e. The lowest BCUT2D eigenvalue weighted by atomic mass is 10.0. The molecule has 2 aromatic rings. The number of pyridine rings is 1. The first-order valence-corrected chi connectivity index (χ1v) is 6.72. The predicted octanol–water partition coefficient (Wildman–Crippen LogP) is 1.19. The second-order valence-electron chi connectivity index (χ2n) is 4.64. The Kier molecular flexibility index (Phi) is 4.73. The van der Waals surface area contributed by atoms with Crippen LogP contribution in [0.2, 0.25) is 0 Å². The van der Waals surface area contributed by atoms with Crippen molar-refractivity contribution in [1.29, 1.82) is 0 Å². The van der Waals surface area contributed by atoms with E-state index in [9.17, 15) is 4.79 Å². The van der Waals surface area contributed by atoms with Crippen molar-refractivity contribution < 1.29 is 4.79 Å². The Morgan fingerprint density at radius 2 is 2.05 bits per heavy atom. The summed E-state index contributed by atoms with van der Waals surface area (Å²) < 4.78 is 0. The van der Waals surface area contributed by atoms with Crippen LogP contribution in [0.1, 0.15) is 16.8 Å². The molecule has 2 rings (SSSR count). The van der Waals surface area contributed by atoms with Gasteiger partial charge in [-0.3, -0.25) is 4.79 Å². The molecule has 0 radical (unpaired) electrons. The number of para-hydroxylation sites is 1. The lowest BCUT2D eigenvalue weighted by molar-refractivity contribution is 0.100. The van der Waals surface area contributed by atoms with Gasteiger partial charge < -0.3 is 22.5 Å². The van der Waals surface area contributed by atoms with E-state index in [0.29, 0.717) is 6.54 Å². The van der Waals surface area contributed by atoms with Gasteiger partial charge in [0.1, 0.15) is 5.82 Å². The predicted molar refractivity (Wildman–Crippen MR) is 84.8 cm³/mol. The number of anilines is 2. The molecule has 0 atom stereocenters. The number of hydrogen-bond donors (Lipinski definition) is 4. The van der Waals surface area contributed by atoms with Gasteiger partial charge >= 0.3 is 0 Å². The Morgan fingerprint density at radius 3 is 2.76 bits per heavy atom. The lowest BCUT2D eigenvalue weighted by Crippen LogP contribution is -2.14. The first kappa shape index (κ1) is 14.8. The van der Waals surface area contributed by atoms with E-state index in [2.05, 4.69) is 10.3 Å². The molecular weight excluding hydrogens is 266 g/mol. The van der Waals surface area contributed by atoms with E-state index in [-0.39, 0.29) is 11.4 Å². The number of carbonyl (C=O) groups is 1. The molecule has 110 valence electrons. The summed E-state index contributed by atoms with van der Waals surface area (Å²) >= 11 is 0. The minimum absolute atomic E-state index is 0.139. The Labute approximate surface area is 123 Å². The van der Waals surface area contributed by atoms with Crippen molar-refractivity contribution in [2.45, 2.75) is 6.42 Å². The van der Waals surface area contributed by atoms with E-state index in [1.807, 2.05) is 24.3 Å². The van der Waals surface area contributed by atoms with Gasteiger partial charge in [-0.25, -0.2) is 4.98 Å². The summed E-state index contributed by atoms with van der Waals surface area (Å²) in [7, 11) is 0. The summed E-state index contributed by atoms with van der Waals surface area (Å²) in [6.45, 7) is 1.41. The second-order valence-corrected chi connectivity index (χ2v) is 4.64. The van der Waals surface area contributed by atoms with Gasteiger partial charge in [0.25, 0.3) is 5.91 Å². The number of nitrogen functional groups attached to an aromatic ring is 1. The first-order valence-electron chi connectivity index (χ1n) is 6.72. The summed E-state index contributed by atoms with van der Waals surface area (Å²) in [6, 6.07) is 9.43. The molecule has 1 amide bonds. The third kappa shape index (κ3) is 3.49. The Bertz CT molecular complexity index is 642. The van der Waals surface area contributed by atoms with Crippen molar-refractivity contribution in [2.75, 3.05) is 24.1 Å². The van der Waals surface area contributed by atoms with Crippen molar-refractivity contribution in [3.63, 3.8) is 0 Å². The van der Waals surface area contributed by atoms with Gasteiger partial charge in [0, 0.05) is 29.6 Å². The van der Waals surface area contributed by atoms with Crippen LogP contribution in [0.15, 0.2) is 36.5 Å². The van der Waals surface area contributed by atoms with Gasteiger partial charge in [-0.1, -0.05) is 18.2 Å². The molecule has 0 bridgehead atoms. The Hall–Kier alpha value is -2.60. The highest BCUT2D eigenvalue weighted by molar-refractivity contribution is 5.98. The fourth-order valence-corrected chi connectivity index (χ4v) is 2.03. The van der Waals surface area contributed by atoms with Crippen LogP contribution in [0.3, 0.4) is 0 Å². The molecule has 0 fully saturated rings. The highest BCUT2D eigenvalue weighted by Crippen LogP contribution is 2.28. The van der Waals surface area contributed by atoms with E-state index in [4.69, 9.17) is 17.2 Å². The van der Waals surface area contributed by atoms with Crippen molar-refractivity contribution in [1.82, 2.24) is 4.98 Å². The van der Waals surface area contributed by atoms with Crippen molar-refractivity contribution >= 4 is 17.4 Å². The number of hydrogen-bond acceptors (Lipinski definition) is 5. The SMILES string of the molecule is NCCCNc1ccccc1-c1cnc(N)c(C(N)=O)c1. The molecule has 7 N–H and O–H groups in total. The van der Waals surface area contributed by atoms with Crippen LogP contribution in [-0.2, 0) is 0 Å². The monoisotopic (exact) mass is 285 g/mol. The molecule has 1 heterocycles. The zero-order valence-electron chi connectivity index (χ0n) is 11.7. The van der Waals surface area contributed by atoms with Gasteiger partial charge in [-0.2, -0.15) is 0 Å². The summed E-state index contributed by atoms with van der Waals surface area (Å²) in [6.07, 6.45) is 2.51. The molecule has 0 spiro atoms. The highest BCUT2D eigenvalue weighted by Gasteiger charge is 2.11. The summed E-state index contributed by atoms with van der Waals surface area (Å²) in [4.78, 5) is 15.4. The number of nitrogens with zero attached hydrogens (tertiary/aromatic N) is 1. The molecule has 21 heavy (non-hydrogen) atoms. The molecule has 0 aliphatic carbocycles. The zero-order valence-corrected chi connectivity index (χ0v) is 11.7. The van der Waals surface area contributed by atoms with Gasteiger partial charge in [-0.05, 0) is 25.1 Å². The van der Waals surface area contributed by atoms with Crippen LogP contribution in [-0.4, -0.2) is 24.0 Å². The largest absolute Gasteiger partial charge is 0.384 e. The lowest BCUT2D eigenvalue weighted by Gasteiger charge is -2.12. The van der Waals surface area contributed by atoms with Crippen molar-refractivity contribution in [2.24, 2.45) is 11.5 Å². The molecule has 6 heteroatoms.